The maximum absolute atomic E-state index is 11.7. The minimum atomic E-state index is 0. The van der Waals surface area contributed by atoms with Gasteiger partial charge < -0.3 is 10.6 Å². The van der Waals surface area contributed by atoms with Crippen LogP contribution in [0, 0.1) is 0 Å². The smallest absolute Gasteiger partial charge is 0.224 e. The van der Waals surface area contributed by atoms with Crippen LogP contribution in [-0.2, 0) is 11.2 Å². The molecule has 0 radical (unpaired) electrons. The highest BCUT2D eigenvalue weighted by atomic mass is 35.5. The van der Waals surface area contributed by atoms with Crippen LogP contribution in [0.1, 0.15) is 31.2 Å². The van der Waals surface area contributed by atoms with E-state index in [0.29, 0.717) is 12.5 Å². The molecule has 0 saturated carbocycles. The van der Waals surface area contributed by atoms with Crippen LogP contribution in [0.4, 0.5) is 0 Å². The van der Waals surface area contributed by atoms with Crippen LogP contribution in [0.15, 0.2) is 16.8 Å². The van der Waals surface area contributed by atoms with Gasteiger partial charge in [0, 0.05) is 12.6 Å². The summed E-state index contributed by atoms with van der Waals surface area (Å²) in [5.74, 6) is 0.134. The van der Waals surface area contributed by atoms with Gasteiger partial charge in [0.1, 0.15) is 0 Å². The fraction of sp³-hybridized carbons (Fsp3) is 0.615. The van der Waals surface area contributed by atoms with E-state index in [-0.39, 0.29) is 18.3 Å². The largest absolute Gasteiger partial charge is 0.354 e. The first-order valence-electron chi connectivity index (χ1n) is 6.36. The molecule has 102 valence electrons. The topological polar surface area (TPSA) is 41.1 Å². The molecule has 0 aliphatic carbocycles. The summed E-state index contributed by atoms with van der Waals surface area (Å²) in [6.45, 7) is 1.86. The molecule has 1 aromatic heterocycles. The van der Waals surface area contributed by atoms with Gasteiger partial charge in [-0.3, -0.25) is 4.79 Å². The van der Waals surface area contributed by atoms with E-state index in [9.17, 15) is 4.79 Å². The average molecular weight is 289 g/mol. The molecule has 1 aromatic rings. The van der Waals surface area contributed by atoms with Crippen molar-refractivity contribution in [3.8, 4) is 0 Å². The molecule has 1 aliphatic heterocycles. The second-order valence-corrected chi connectivity index (χ2v) is 5.39. The molecule has 5 heteroatoms. The summed E-state index contributed by atoms with van der Waals surface area (Å²) >= 11 is 1.64. The number of amides is 1. The lowest BCUT2D eigenvalue weighted by atomic mass is 10.1. The summed E-state index contributed by atoms with van der Waals surface area (Å²) in [5.41, 5.74) is 1.11. The van der Waals surface area contributed by atoms with E-state index < -0.39 is 0 Å². The van der Waals surface area contributed by atoms with Crippen LogP contribution in [0.3, 0.4) is 0 Å². The average Bonchev–Trinajstić information content (AvgIpc) is 2.68. The van der Waals surface area contributed by atoms with E-state index in [0.717, 1.165) is 18.7 Å². The van der Waals surface area contributed by atoms with Crippen LogP contribution in [0.25, 0.3) is 0 Å². The molecule has 2 heterocycles. The number of hydrogen-bond donors (Lipinski definition) is 2. The van der Waals surface area contributed by atoms with Gasteiger partial charge in [0.2, 0.25) is 5.91 Å². The second kappa shape index (κ2) is 8.51. The first-order chi connectivity index (χ1) is 8.34. The molecule has 1 fully saturated rings. The number of carbonyl (C=O) groups excluding carboxylic acids is 1. The van der Waals surface area contributed by atoms with E-state index in [1.807, 2.05) is 16.8 Å². The van der Waals surface area contributed by atoms with Gasteiger partial charge in [-0.05, 0) is 41.8 Å². The fourth-order valence-electron chi connectivity index (χ4n) is 2.15. The molecule has 0 aromatic carbocycles. The van der Waals surface area contributed by atoms with Crippen LogP contribution in [0.5, 0.6) is 0 Å². The normalized spacial score (nSPS) is 19.7. The molecule has 2 N–H and O–H groups in total. The Morgan fingerprint density at radius 1 is 1.44 bits per heavy atom. The third kappa shape index (κ3) is 5.38. The summed E-state index contributed by atoms with van der Waals surface area (Å²) in [5, 5.41) is 10.5. The highest BCUT2D eigenvalue weighted by molar-refractivity contribution is 7.07. The SMILES string of the molecule is Cl.O=C(Cc1ccsc1)NCC1CCCCCN1. The Kier molecular flexibility index (Phi) is 7.32. The number of halogens is 1. The summed E-state index contributed by atoms with van der Waals surface area (Å²) in [4.78, 5) is 11.7. The first kappa shape index (κ1) is 15.5. The Labute approximate surface area is 119 Å². The van der Waals surface area contributed by atoms with Gasteiger partial charge in [-0.25, -0.2) is 0 Å². The monoisotopic (exact) mass is 288 g/mol. The summed E-state index contributed by atoms with van der Waals surface area (Å²) in [6, 6.07) is 2.47. The number of rotatable bonds is 4. The Hall–Kier alpha value is -0.580. The van der Waals surface area contributed by atoms with Crippen LogP contribution in [-0.4, -0.2) is 25.0 Å². The minimum absolute atomic E-state index is 0. The van der Waals surface area contributed by atoms with Gasteiger partial charge in [0.15, 0.2) is 0 Å². The molecule has 1 atom stereocenters. The van der Waals surface area contributed by atoms with Crippen molar-refractivity contribution in [2.75, 3.05) is 13.1 Å². The van der Waals surface area contributed by atoms with Crippen LogP contribution >= 0.6 is 23.7 Å². The van der Waals surface area contributed by atoms with E-state index in [2.05, 4.69) is 10.6 Å². The molecule has 0 bridgehead atoms. The zero-order valence-corrected chi connectivity index (χ0v) is 12.1. The van der Waals surface area contributed by atoms with Crippen molar-refractivity contribution in [2.45, 2.75) is 38.1 Å². The van der Waals surface area contributed by atoms with Gasteiger partial charge >= 0.3 is 0 Å². The standard InChI is InChI=1S/C13H20N2OS.ClH/c16-13(8-11-5-7-17-10-11)15-9-12-4-2-1-3-6-14-12;/h5,7,10,12,14H,1-4,6,8-9H2,(H,15,16);1H. The zero-order chi connectivity index (χ0) is 11.9. The van der Waals surface area contributed by atoms with Crippen LogP contribution in [0.2, 0.25) is 0 Å². The van der Waals surface area contributed by atoms with Crippen molar-refractivity contribution < 1.29 is 4.79 Å². The Balaban J connectivity index is 0.00000162. The number of nitrogens with one attached hydrogen (secondary N) is 2. The van der Waals surface area contributed by atoms with Gasteiger partial charge in [-0.15, -0.1) is 12.4 Å². The van der Waals surface area contributed by atoms with Crippen molar-refractivity contribution in [1.29, 1.82) is 0 Å². The van der Waals surface area contributed by atoms with E-state index in [1.165, 1.54) is 25.7 Å². The van der Waals surface area contributed by atoms with Gasteiger partial charge in [0.05, 0.1) is 6.42 Å². The molecule has 3 nitrogen and oxygen atoms in total. The summed E-state index contributed by atoms with van der Waals surface area (Å²) < 4.78 is 0. The number of thiophene rings is 1. The molecule has 0 spiro atoms. The predicted molar refractivity (Wildman–Crippen MR) is 78.5 cm³/mol. The third-order valence-corrected chi connectivity index (χ3v) is 3.88. The van der Waals surface area contributed by atoms with E-state index >= 15 is 0 Å². The number of hydrogen-bond acceptors (Lipinski definition) is 3. The first-order valence-corrected chi connectivity index (χ1v) is 7.30. The molecule has 18 heavy (non-hydrogen) atoms. The molecule has 2 rings (SSSR count). The highest BCUT2D eigenvalue weighted by Gasteiger charge is 2.12. The zero-order valence-electron chi connectivity index (χ0n) is 10.5. The molecular formula is C13H21ClN2OS. The lowest BCUT2D eigenvalue weighted by molar-refractivity contribution is -0.120. The van der Waals surface area contributed by atoms with Crippen molar-refractivity contribution in [3.63, 3.8) is 0 Å². The van der Waals surface area contributed by atoms with Gasteiger partial charge in [-0.2, -0.15) is 11.3 Å². The van der Waals surface area contributed by atoms with E-state index in [4.69, 9.17) is 0 Å². The van der Waals surface area contributed by atoms with Crippen molar-refractivity contribution in [3.05, 3.63) is 22.4 Å². The molecule has 1 saturated heterocycles. The fourth-order valence-corrected chi connectivity index (χ4v) is 2.82. The maximum Gasteiger partial charge on any atom is 0.224 e. The predicted octanol–water partition coefficient (Wildman–Crippen LogP) is 2.36. The molecule has 1 unspecified atom stereocenters. The van der Waals surface area contributed by atoms with Gasteiger partial charge in [0.25, 0.3) is 0 Å². The molecular weight excluding hydrogens is 268 g/mol. The second-order valence-electron chi connectivity index (χ2n) is 4.61. The summed E-state index contributed by atoms with van der Waals surface area (Å²) in [7, 11) is 0. The third-order valence-electron chi connectivity index (χ3n) is 3.15. The quantitative estimate of drug-likeness (QED) is 0.893. The Bertz CT molecular complexity index is 335. The van der Waals surface area contributed by atoms with Crippen molar-refractivity contribution in [2.24, 2.45) is 0 Å². The Morgan fingerprint density at radius 2 is 2.33 bits per heavy atom. The lowest BCUT2D eigenvalue weighted by Crippen LogP contribution is -2.40. The highest BCUT2D eigenvalue weighted by Crippen LogP contribution is 2.08. The maximum atomic E-state index is 11.7. The van der Waals surface area contributed by atoms with E-state index in [1.54, 1.807) is 11.3 Å². The van der Waals surface area contributed by atoms with Crippen LogP contribution < -0.4 is 10.6 Å². The minimum Gasteiger partial charge on any atom is -0.354 e. The molecule has 1 aliphatic rings. The Morgan fingerprint density at radius 3 is 3.11 bits per heavy atom. The molecule has 1 amide bonds. The van der Waals surface area contributed by atoms with Gasteiger partial charge in [-0.1, -0.05) is 12.8 Å². The van der Waals surface area contributed by atoms with Crippen molar-refractivity contribution in [1.82, 2.24) is 10.6 Å². The summed E-state index contributed by atoms with van der Waals surface area (Å²) in [6.07, 6.45) is 5.54. The number of carbonyl (C=O) groups is 1. The van der Waals surface area contributed by atoms with Crippen molar-refractivity contribution >= 4 is 29.7 Å². The lowest BCUT2D eigenvalue weighted by Gasteiger charge is -2.16.